The lowest BCUT2D eigenvalue weighted by molar-refractivity contribution is -0.385. The first-order valence-corrected chi connectivity index (χ1v) is 6.38. The molecule has 0 aliphatic carbocycles. The first kappa shape index (κ1) is 14.9. The van der Waals surface area contributed by atoms with Crippen molar-refractivity contribution in [1.29, 1.82) is 0 Å². The van der Waals surface area contributed by atoms with E-state index in [9.17, 15) is 24.8 Å². The molecule has 0 radical (unpaired) electrons. The van der Waals surface area contributed by atoms with Crippen molar-refractivity contribution in [3.05, 3.63) is 21.5 Å². The molecule has 0 bridgehead atoms. The zero-order valence-electron chi connectivity index (χ0n) is 12.0. The van der Waals surface area contributed by atoms with Crippen LogP contribution in [0.2, 0.25) is 0 Å². The van der Waals surface area contributed by atoms with E-state index in [-0.39, 0.29) is 30.2 Å². The number of carboxylic acids is 1. The molecule has 21 heavy (non-hydrogen) atoms. The first-order chi connectivity index (χ1) is 9.67. The number of nitrogens with zero attached hydrogens (tertiary/aromatic N) is 4. The normalized spacial score (nSPS) is 21.6. The second kappa shape index (κ2) is 4.83. The molecular weight excluding hydrogens is 280 g/mol. The van der Waals surface area contributed by atoms with Crippen LogP contribution in [0.25, 0.3) is 0 Å². The molecule has 1 fully saturated rings. The molecule has 9 heteroatoms. The van der Waals surface area contributed by atoms with E-state index >= 15 is 0 Å². The summed E-state index contributed by atoms with van der Waals surface area (Å²) < 4.78 is 1.17. The lowest BCUT2D eigenvalue weighted by atomic mass is 9.90. The van der Waals surface area contributed by atoms with Crippen molar-refractivity contribution in [3.8, 4) is 0 Å². The van der Waals surface area contributed by atoms with Crippen LogP contribution >= 0.6 is 0 Å². The molecule has 0 saturated carbocycles. The lowest BCUT2D eigenvalue weighted by Gasteiger charge is -2.19. The monoisotopic (exact) mass is 296 g/mol. The van der Waals surface area contributed by atoms with Gasteiger partial charge in [0.1, 0.15) is 5.69 Å². The van der Waals surface area contributed by atoms with Crippen LogP contribution in [-0.4, -0.2) is 49.7 Å². The van der Waals surface area contributed by atoms with E-state index < -0.39 is 22.2 Å². The van der Waals surface area contributed by atoms with Crippen molar-refractivity contribution >= 4 is 17.6 Å². The number of nitro groups is 1. The van der Waals surface area contributed by atoms with Crippen molar-refractivity contribution in [2.24, 2.45) is 12.5 Å². The number of aromatic nitrogens is 2. The van der Waals surface area contributed by atoms with Gasteiger partial charge in [-0.05, 0) is 20.3 Å². The predicted octanol–water partition coefficient (Wildman–Crippen LogP) is 0.574. The average molecular weight is 296 g/mol. The van der Waals surface area contributed by atoms with Gasteiger partial charge in [-0.3, -0.25) is 24.4 Å². The zero-order valence-corrected chi connectivity index (χ0v) is 12.0. The Labute approximate surface area is 120 Å². The Morgan fingerprint density at radius 3 is 2.57 bits per heavy atom. The maximum atomic E-state index is 12.5. The van der Waals surface area contributed by atoms with Crippen molar-refractivity contribution in [1.82, 2.24) is 14.7 Å². The van der Waals surface area contributed by atoms with Crippen molar-refractivity contribution in [3.63, 3.8) is 0 Å². The molecule has 2 heterocycles. The molecule has 1 N–H and O–H groups in total. The quantitative estimate of drug-likeness (QED) is 0.643. The molecule has 114 valence electrons. The van der Waals surface area contributed by atoms with E-state index in [2.05, 4.69) is 5.10 Å². The van der Waals surface area contributed by atoms with Crippen molar-refractivity contribution < 1.29 is 19.6 Å². The summed E-state index contributed by atoms with van der Waals surface area (Å²) in [5.41, 5.74) is -1.30. The van der Waals surface area contributed by atoms with Crippen LogP contribution in [0.15, 0.2) is 0 Å². The van der Waals surface area contributed by atoms with Gasteiger partial charge in [0.05, 0.1) is 10.3 Å². The summed E-state index contributed by atoms with van der Waals surface area (Å²) in [4.78, 5) is 35.5. The maximum Gasteiger partial charge on any atom is 0.322 e. The Morgan fingerprint density at radius 2 is 2.10 bits per heavy atom. The summed E-state index contributed by atoms with van der Waals surface area (Å²) in [5, 5.41) is 24.2. The van der Waals surface area contributed by atoms with Gasteiger partial charge in [-0.2, -0.15) is 5.10 Å². The number of carbonyl (C=O) groups is 2. The minimum atomic E-state index is -1.02. The topological polar surface area (TPSA) is 119 Å². The minimum absolute atomic E-state index is 0.0303. The molecule has 1 saturated heterocycles. The lowest BCUT2D eigenvalue weighted by Crippen LogP contribution is -2.35. The number of likely N-dealkylation sites (tertiary alicyclic amines) is 1. The molecule has 1 aromatic heterocycles. The highest BCUT2D eigenvalue weighted by Gasteiger charge is 2.44. The zero-order chi connectivity index (χ0) is 15.9. The number of carboxylic acid groups (broad SMARTS) is 1. The Balaban J connectivity index is 2.35. The van der Waals surface area contributed by atoms with Gasteiger partial charge in [0.25, 0.3) is 5.91 Å². The number of aliphatic carboxylic acids is 1. The Hall–Kier alpha value is -2.45. The summed E-state index contributed by atoms with van der Waals surface area (Å²) in [5.74, 6) is -1.54. The van der Waals surface area contributed by atoms with E-state index in [1.165, 1.54) is 23.6 Å². The first-order valence-electron chi connectivity index (χ1n) is 6.38. The summed E-state index contributed by atoms with van der Waals surface area (Å²) in [6.07, 6.45) is 0.318. The van der Waals surface area contributed by atoms with E-state index in [1.54, 1.807) is 6.92 Å². The molecule has 1 aliphatic heterocycles. The van der Waals surface area contributed by atoms with Crippen LogP contribution in [0.5, 0.6) is 0 Å². The maximum absolute atomic E-state index is 12.5. The van der Waals surface area contributed by atoms with Gasteiger partial charge in [0.2, 0.25) is 5.69 Å². The standard InChI is InChI=1S/C12H16N4O5/c1-7-8(16(20)21)9(14(3)13-7)10(17)15-5-4-12(2,6-15)11(18)19/h4-6H2,1-3H3,(H,18,19). The summed E-state index contributed by atoms with van der Waals surface area (Å²) in [7, 11) is 1.46. The molecule has 0 spiro atoms. The second-order valence-corrected chi connectivity index (χ2v) is 5.51. The average Bonchev–Trinajstić information content (AvgIpc) is 2.90. The van der Waals surface area contributed by atoms with Gasteiger partial charge in [0.15, 0.2) is 0 Å². The Morgan fingerprint density at radius 1 is 1.48 bits per heavy atom. The van der Waals surface area contributed by atoms with Gasteiger partial charge in [-0.25, -0.2) is 0 Å². The SMILES string of the molecule is Cc1nn(C)c(C(=O)N2CCC(C)(C(=O)O)C2)c1[N+](=O)[O-]. The van der Waals surface area contributed by atoms with E-state index in [1.807, 2.05) is 0 Å². The fourth-order valence-corrected chi connectivity index (χ4v) is 2.56. The van der Waals surface area contributed by atoms with Crippen LogP contribution in [-0.2, 0) is 11.8 Å². The molecule has 1 amide bonds. The highest BCUT2D eigenvalue weighted by atomic mass is 16.6. The molecule has 1 unspecified atom stereocenters. The molecule has 1 aromatic rings. The number of hydrogen-bond acceptors (Lipinski definition) is 5. The molecule has 2 rings (SSSR count). The number of carbonyl (C=O) groups excluding carboxylic acids is 1. The van der Waals surface area contributed by atoms with E-state index in [4.69, 9.17) is 0 Å². The summed E-state index contributed by atoms with van der Waals surface area (Å²) >= 11 is 0. The smallest absolute Gasteiger partial charge is 0.322 e. The third-order valence-electron chi connectivity index (χ3n) is 3.85. The van der Waals surface area contributed by atoms with E-state index in [0.29, 0.717) is 6.42 Å². The minimum Gasteiger partial charge on any atom is -0.481 e. The van der Waals surface area contributed by atoms with Crippen LogP contribution in [0.4, 0.5) is 5.69 Å². The van der Waals surface area contributed by atoms with Gasteiger partial charge in [-0.1, -0.05) is 0 Å². The van der Waals surface area contributed by atoms with Crippen molar-refractivity contribution in [2.45, 2.75) is 20.3 Å². The highest BCUT2D eigenvalue weighted by Crippen LogP contribution is 2.32. The number of rotatable bonds is 3. The van der Waals surface area contributed by atoms with Crippen LogP contribution in [0.1, 0.15) is 29.5 Å². The van der Waals surface area contributed by atoms with Crippen LogP contribution in [0, 0.1) is 22.5 Å². The highest BCUT2D eigenvalue weighted by molar-refractivity contribution is 5.97. The van der Waals surface area contributed by atoms with Crippen LogP contribution in [0.3, 0.4) is 0 Å². The second-order valence-electron chi connectivity index (χ2n) is 5.51. The Kier molecular flexibility index (Phi) is 3.44. The van der Waals surface area contributed by atoms with Crippen molar-refractivity contribution in [2.75, 3.05) is 13.1 Å². The number of aryl methyl sites for hydroxylation is 2. The molecule has 1 aliphatic rings. The van der Waals surface area contributed by atoms with Gasteiger partial charge in [0, 0.05) is 20.1 Å². The molecule has 0 aromatic carbocycles. The third-order valence-corrected chi connectivity index (χ3v) is 3.85. The summed E-state index contributed by atoms with van der Waals surface area (Å²) in [6.45, 7) is 3.30. The number of hydrogen-bond donors (Lipinski definition) is 1. The molecule has 9 nitrogen and oxygen atoms in total. The summed E-state index contributed by atoms with van der Waals surface area (Å²) in [6, 6.07) is 0. The largest absolute Gasteiger partial charge is 0.481 e. The third kappa shape index (κ3) is 2.34. The Bertz CT molecular complexity index is 638. The molecular formula is C12H16N4O5. The fourth-order valence-electron chi connectivity index (χ4n) is 2.56. The number of amides is 1. The van der Waals surface area contributed by atoms with Gasteiger partial charge in [-0.15, -0.1) is 0 Å². The van der Waals surface area contributed by atoms with Gasteiger partial charge >= 0.3 is 11.7 Å². The van der Waals surface area contributed by atoms with Gasteiger partial charge < -0.3 is 10.0 Å². The van der Waals surface area contributed by atoms with E-state index in [0.717, 1.165) is 0 Å². The fraction of sp³-hybridized carbons (Fsp3) is 0.583. The molecule has 1 atom stereocenters. The predicted molar refractivity (Wildman–Crippen MR) is 70.9 cm³/mol. The van der Waals surface area contributed by atoms with Crippen LogP contribution < -0.4 is 0 Å².